The minimum absolute atomic E-state index is 0.675. The van der Waals surface area contributed by atoms with Crippen LogP contribution in [0.5, 0.6) is 0 Å². The minimum atomic E-state index is -0.828. The minimum Gasteiger partial charge on any atom is -0.0654 e. The zero-order valence-corrected chi connectivity index (χ0v) is 45.3. The molecule has 0 aromatic heterocycles. The molecule has 0 fully saturated rings. The molecular weight excluding hydrogens is 752 g/mol. The maximum atomic E-state index is 2.40. The van der Waals surface area contributed by atoms with Gasteiger partial charge in [0.1, 0.15) is 0 Å². The highest BCUT2D eigenvalue weighted by molar-refractivity contribution is 7.75. The van der Waals surface area contributed by atoms with Gasteiger partial charge in [-0.25, -0.2) is 0 Å². The van der Waals surface area contributed by atoms with E-state index in [2.05, 4.69) is 41.5 Å². The maximum Gasteiger partial charge on any atom is 0.0594 e. The highest BCUT2D eigenvalue weighted by Crippen LogP contribution is 2.61. The highest BCUT2D eigenvalue weighted by atomic mass is 31.2. The van der Waals surface area contributed by atoms with E-state index in [0.29, 0.717) is 5.41 Å². The van der Waals surface area contributed by atoms with Crippen LogP contribution in [0.3, 0.4) is 0 Å². The number of hydrogen-bond donors (Lipinski definition) is 0. The van der Waals surface area contributed by atoms with Crippen LogP contribution in [0.1, 0.15) is 356 Å². The van der Waals surface area contributed by atoms with Crippen molar-refractivity contribution < 1.29 is 0 Å². The van der Waals surface area contributed by atoms with Gasteiger partial charge in [0, 0.05) is 7.26 Å². The van der Waals surface area contributed by atoms with Crippen molar-refractivity contribution in [3.05, 3.63) is 0 Å². The normalized spacial score (nSPS) is 12.3. The van der Waals surface area contributed by atoms with Crippen LogP contribution in [0.25, 0.3) is 0 Å². The molecule has 0 heterocycles. The standard InChI is InChI=1S/C60H124P/c1-7-13-19-22-25-28-33-38-43-48-56-61(57-49-44-39-34-29-26-23-20-14-8-2,58-50-45-40-35-30-27-24-21-15-9-3)59-51-46-41-36-31-32-37-42-47-55-60(52-16-10-4,53-17-11-5)54-18-12-6/h7-59H2,1-6H3/q+1. The van der Waals surface area contributed by atoms with Crippen LogP contribution in [0.4, 0.5) is 0 Å². The summed E-state index contributed by atoms with van der Waals surface area (Å²) in [6, 6.07) is 0. The van der Waals surface area contributed by atoms with Crippen molar-refractivity contribution in [3.63, 3.8) is 0 Å². The lowest BCUT2D eigenvalue weighted by atomic mass is 9.71. The first-order valence-electron chi connectivity index (χ1n) is 29.9. The predicted molar refractivity (Wildman–Crippen MR) is 289 cm³/mol. The quantitative estimate of drug-likeness (QED) is 0.0422. The zero-order valence-electron chi connectivity index (χ0n) is 44.4. The van der Waals surface area contributed by atoms with Crippen LogP contribution in [-0.4, -0.2) is 24.6 Å². The Balaban J connectivity index is 5.06. The van der Waals surface area contributed by atoms with Gasteiger partial charge in [-0.1, -0.05) is 279 Å². The van der Waals surface area contributed by atoms with Gasteiger partial charge in [0.15, 0.2) is 0 Å². The molecule has 0 aromatic rings. The van der Waals surface area contributed by atoms with Gasteiger partial charge in [0.2, 0.25) is 0 Å². The molecule has 0 rings (SSSR count). The van der Waals surface area contributed by atoms with Crippen molar-refractivity contribution >= 4 is 7.26 Å². The summed E-state index contributed by atoms with van der Waals surface area (Å²) in [5, 5.41) is 0. The van der Waals surface area contributed by atoms with E-state index in [-0.39, 0.29) is 0 Å². The molecule has 0 aliphatic heterocycles. The molecule has 0 atom stereocenters. The van der Waals surface area contributed by atoms with Gasteiger partial charge in [-0.15, -0.1) is 0 Å². The van der Waals surface area contributed by atoms with Crippen LogP contribution in [0, 0.1) is 5.41 Å². The van der Waals surface area contributed by atoms with Crippen LogP contribution in [0.15, 0.2) is 0 Å². The monoisotopic (exact) mass is 876 g/mol. The molecule has 0 aliphatic rings. The number of hydrogen-bond acceptors (Lipinski definition) is 0. The molecule has 0 N–H and O–H groups in total. The molecule has 368 valence electrons. The molecular formula is C60H124P+. The average Bonchev–Trinajstić information content (AvgIpc) is 3.27. The topological polar surface area (TPSA) is 0 Å². The molecule has 0 aromatic carbocycles. The van der Waals surface area contributed by atoms with Gasteiger partial charge in [-0.3, -0.25) is 0 Å². The fourth-order valence-electron chi connectivity index (χ4n) is 11.1. The molecule has 0 nitrogen and oxygen atoms in total. The summed E-state index contributed by atoms with van der Waals surface area (Å²) >= 11 is 0. The molecule has 61 heavy (non-hydrogen) atoms. The van der Waals surface area contributed by atoms with E-state index in [4.69, 9.17) is 0 Å². The molecule has 0 bridgehead atoms. The lowest BCUT2D eigenvalue weighted by Crippen LogP contribution is -2.21. The lowest BCUT2D eigenvalue weighted by molar-refractivity contribution is 0.175. The van der Waals surface area contributed by atoms with Crippen molar-refractivity contribution in [3.8, 4) is 0 Å². The van der Waals surface area contributed by atoms with Crippen LogP contribution >= 0.6 is 7.26 Å². The Hall–Kier alpha value is 0.430. The van der Waals surface area contributed by atoms with Gasteiger partial charge >= 0.3 is 0 Å². The van der Waals surface area contributed by atoms with Crippen molar-refractivity contribution in [2.75, 3.05) is 24.6 Å². The Morgan fingerprint density at radius 3 is 0.557 bits per heavy atom. The van der Waals surface area contributed by atoms with E-state index < -0.39 is 7.26 Å². The second kappa shape index (κ2) is 49.9. The summed E-state index contributed by atoms with van der Waals surface area (Å²) in [5.74, 6) is 0. The SMILES string of the molecule is CCCCCCCCCCCC[P+](CCCCCCCCCCCC)(CCCCCCCCCCCC)CCCCCCCCCCCC(CCCC)(CCCC)CCCC. The van der Waals surface area contributed by atoms with Crippen molar-refractivity contribution in [2.24, 2.45) is 5.41 Å². The zero-order chi connectivity index (χ0) is 44.5. The molecule has 0 saturated carbocycles. The summed E-state index contributed by atoms with van der Waals surface area (Å²) < 4.78 is 0. The number of unbranched alkanes of at least 4 members (excludes halogenated alkanes) is 38. The van der Waals surface area contributed by atoms with E-state index in [1.54, 1.807) is 50.3 Å². The third kappa shape index (κ3) is 41.6. The van der Waals surface area contributed by atoms with E-state index >= 15 is 0 Å². The summed E-state index contributed by atoms with van der Waals surface area (Å²) in [6.45, 7) is 14.2. The average molecular weight is 877 g/mol. The van der Waals surface area contributed by atoms with Gasteiger partial charge in [0.25, 0.3) is 0 Å². The van der Waals surface area contributed by atoms with Crippen LogP contribution < -0.4 is 0 Å². The highest BCUT2D eigenvalue weighted by Gasteiger charge is 2.35. The molecule has 0 amide bonds. The molecule has 0 saturated heterocycles. The summed E-state index contributed by atoms with van der Waals surface area (Å²) in [7, 11) is -0.828. The fourth-order valence-corrected chi connectivity index (χ4v) is 16.0. The van der Waals surface area contributed by atoms with E-state index in [1.807, 2.05) is 0 Å². The Morgan fingerprint density at radius 1 is 0.180 bits per heavy atom. The van der Waals surface area contributed by atoms with Crippen molar-refractivity contribution in [1.82, 2.24) is 0 Å². The van der Waals surface area contributed by atoms with Gasteiger partial charge in [-0.2, -0.15) is 0 Å². The van der Waals surface area contributed by atoms with Gasteiger partial charge in [0.05, 0.1) is 24.6 Å². The molecule has 0 unspecified atom stereocenters. The second-order valence-electron chi connectivity index (χ2n) is 21.5. The fraction of sp³-hybridized carbons (Fsp3) is 1.00. The molecule has 0 aliphatic carbocycles. The Kier molecular flexibility index (Phi) is 50.2. The van der Waals surface area contributed by atoms with Crippen molar-refractivity contribution in [2.45, 2.75) is 356 Å². The summed E-state index contributed by atoms with van der Waals surface area (Å²) in [5.41, 5.74) is 0.675. The predicted octanol–water partition coefficient (Wildman–Crippen LogP) is 23.2. The first-order valence-corrected chi connectivity index (χ1v) is 32.5. The van der Waals surface area contributed by atoms with E-state index in [9.17, 15) is 0 Å². The van der Waals surface area contributed by atoms with Crippen LogP contribution in [-0.2, 0) is 0 Å². The maximum absolute atomic E-state index is 2.40. The smallest absolute Gasteiger partial charge is 0.0594 e. The first-order chi connectivity index (χ1) is 30.1. The third-order valence-electron chi connectivity index (χ3n) is 15.5. The Labute approximate surface area is 391 Å². The Bertz CT molecular complexity index is 705. The summed E-state index contributed by atoms with van der Waals surface area (Å²) in [6.07, 6.45) is 79.5. The van der Waals surface area contributed by atoms with E-state index in [1.165, 1.54) is 289 Å². The van der Waals surface area contributed by atoms with Crippen LogP contribution in [0.2, 0.25) is 0 Å². The summed E-state index contributed by atoms with van der Waals surface area (Å²) in [4.78, 5) is 0. The largest absolute Gasteiger partial charge is 0.0654 e. The second-order valence-corrected chi connectivity index (χ2v) is 26.0. The van der Waals surface area contributed by atoms with Gasteiger partial charge < -0.3 is 0 Å². The molecule has 0 radical (unpaired) electrons. The third-order valence-corrected chi connectivity index (χ3v) is 20.5. The van der Waals surface area contributed by atoms with Crippen molar-refractivity contribution in [1.29, 1.82) is 0 Å². The Morgan fingerprint density at radius 2 is 0.344 bits per heavy atom. The first kappa shape index (κ1) is 61.4. The van der Waals surface area contributed by atoms with Gasteiger partial charge in [-0.05, 0) is 82.5 Å². The van der Waals surface area contributed by atoms with E-state index in [0.717, 1.165) is 0 Å². The molecule has 1 heteroatoms. The lowest BCUT2D eigenvalue weighted by Gasteiger charge is -2.35. The number of rotatable bonds is 54. The molecule has 0 spiro atoms.